The van der Waals surface area contributed by atoms with E-state index in [1.54, 1.807) is 12.1 Å². The van der Waals surface area contributed by atoms with Gasteiger partial charge in [0, 0.05) is 22.8 Å². The van der Waals surface area contributed by atoms with E-state index in [9.17, 15) is 27.9 Å². The van der Waals surface area contributed by atoms with Crippen molar-refractivity contribution in [2.24, 2.45) is 0 Å². The highest BCUT2D eigenvalue weighted by atomic mass is 35.5. The zero-order valence-corrected chi connectivity index (χ0v) is 21.0. The van der Waals surface area contributed by atoms with Crippen molar-refractivity contribution in [3.05, 3.63) is 94.0 Å². The largest absolute Gasteiger partial charge is 0.416 e. The first-order valence-electron chi connectivity index (χ1n) is 11.6. The predicted molar refractivity (Wildman–Crippen MR) is 132 cm³/mol. The van der Waals surface area contributed by atoms with Crippen molar-refractivity contribution in [1.29, 1.82) is 0 Å². The quantitative estimate of drug-likeness (QED) is 0.262. The van der Waals surface area contributed by atoms with Crippen molar-refractivity contribution < 1.29 is 27.6 Å². The fraction of sp³-hybridized carbons (Fsp3) is 0.208. The average Bonchev–Trinajstić information content (AvgIpc) is 3.68. The van der Waals surface area contributed by atoms with E-state index in [0.717, 1.165) is 9.25 Å². The SMILES string of the molecule is O=C(Cc1ncccc1-n1cnc(Cn2nc(-c3ccc(Cl)cc3)n(C[C@H](O)C(F)(F)F)c2=O)n1)c1ccno1. The van der Waals surface area contributed by atoms with E-state index in [4.69, 9.17) is 16.1 Å². The minimum atomic E-state index is -4.95. The molecule has 0 fully saturated rings. The zero-order valence-electron chi connectivity index (χ0n) is 20.2. The van der Waals surface area contributed by atoms with Crippen LogP contribution >= 0.6 is 11.6 Å². The molecule has 12 nitrogen and oxygen atoms in total. The van der Waals surface area contributed by atoms with Crippen LogP contribution in [0, 0.1) is 0 Å². The van der Waals surface area contributed by atoms with Crippen LogP contribution in [0.5, 0.6) is 0 Å². The van der Waals surface area contributed by atoms with E-state index in [-0.39, 0.29) is 36.2 Å². The molecule has 1 aromatic carbocycles. The molecule has 0 saturated heterocycles. The number of hydrogen-bond donors (Lipinski definition) is 1. The highest BCUT2D eigenvalue weighted by Gasteiger charge is 2.39. The molecule has 5 aromatic rings. The number of benzene rings is 1. The van der Waals surface area contributed by atoms with Crippen molar-refractivity contribution in [3.63, 3.8) is 0 Å². The van der Waals surface area contributed by atoms with E-state index >= 15 is 0 Å². The number of halogens is 4. The molecule has 206 valence electrons. The van der Waals surface area contributed by atoms with Gasteiger partial charge >= 0.3 is 11.9 Å². The number of carbonyl (C=O) groups excluding carboxylic acids is 1. The summed E-state index contributed by atoms with van der Waals surface area (Å²) in [5.74, 6) is -0.296. The van der Waals surface area contributed by atoms with Gasteiger partial charge in [-0.15, -0.1) is 10.2 Å². The molecule has 16 heteroatoms. The molecule has 0 radical (unpaired) electrons. The summed E-state index contributed by atoms with van der Waals surface area (Å²) in [7, 11) is 0. The summed E-state index contributed by atoms with van der Waals surface area (Å²) < 4.78 is 47.2. The minimum Gasteiger partial charge on any atom is -0.382 e. The summed E-state index contributed by atoms with van der Waals surface area (Å²) in [6, 6.07) is 10.7. The molecule has 0 aliphatic carbocycles. The highest BCUT2D eigenvalue weighted by Crippen LogP contribution is 2.24. The average molecular weight is 575 g/mol. The van der Waals surface area contributed by atoms with E-state index in [1.165, 1.54) is 53.7 Å². The molecule has 0 saturated carbocycles. The van der Waals surface area contributed by atoms with Gasteiger partial charge in [-0.1, -0.05) is 16.8 Å². The Balaban J connectivity index is 1.44. The summed E-state index contributed by atoms with van der Waals surface area (Å²) in [5.41, 5.74) is 0.198. The van der Waals surface area contributed by atoms with Gasteiger partial charge in [-0.3, -0.25) is 14.3 Å². The lowest BCUT2D eigenvalue weighted by Crippen LogP contribution is -2.37. The van der Waals surface area contributed by atoms with Crippen LogP contribution in [0.15, 0.2) is 70.5 Å². The van der Waals surface area contributed by atoms with Crippen LogP contribution in [0.4, 0.5) is 13.2 Å². The van der Waals surface area contributed by atoms with Gasteiger partial charge in [0.15, 0.2) is 17.8 Å². The van der Waals surface area contributed by atoms with Crippen LogP contribution in [0.1, 0.15) is 22.1 Å². The van der Waals surface area contributed by atoms with Crippen molar-refractivity contribution in [1.82, 2.24) is 39.3 Å². The lowest BCUT2D eigenvalue weighted by Gasteiger charge is -2.15. The Morgan fingerprint density at radius 1 is 1.07 bits per heavy atom. The second-order valence-corrected chi connectivity index (χ2v) is 8.93. The van der Waals surface area contributed by atoms with Gasteiger partial charge in [0.25, 0.3) is 0 Å². The van der Waals surface area contributed by atoms with Gasteiger partial charge in [0.1, 0.15) is 12.9 Å². The third-order valence-corrected chi connectivity index (χ3v) is 5.99. The van der Waals surface area contributed by atoms with Crippen LogP contribution in [0.2, 0.25) is 5.02 Å². The Hall–Kier alpha value is -4.63. The smallest absolute Gasteiger partial charge is 0.382 e. The molecule has 0 aliphatic rings. The maximum absolute atomic E-state index is 13.1. The van der Waals surface area contributed by atoms with E-state index in [2.05, 4.69) is 25.3 Å². The molecule has 4 heterocycles. The standard InChI is InChI=1S/C24H18ClF3N8O4/c25-15-5-3-14(4-6-15)22-33-35(23(39)34(22)11-20(38)24(26,27)28)12-21-30-13-36(32-21)17-2-1-8-29-16(17)10-18(37)19-7-9-31-40-19/h1-9,13,20,38H,10-12H2/t20-/m0/s1. The maximum Gasteiger partial charge on any atom is 0.416 e. The maximum atomic E-state index is 13.1. The van der Waals surface area contributed by atoms with Gasteiger partial charge in [-0.2, -0.15) is 13.2 Å². The molecule has 1 atom stereocenters. The van der Waals surface area contributed by atoms with Crippen LogP contribution in [-0.2, 0) is 19.5 Å². The third kappa shape index (κ3) is 5.69. The fourth-order valence-electron chi connectivity index (χ4n) is 3.79. The molecule has 0 bridgehead atoms. The van der Waals surface area contributed by atoms with Gasteiger partial charge in [0.2, 0.25) is 11.5 Å². The van der Waals surface area contributed by atoms with Crippen LogP contribution in [0.3, 0.4) is 0 Å². The number of nitrogens with zero attached hydrogens (tertiary/aromatic N) is 8. The van der Waals surface area contributed by atoms with E-state index in [0.29, 0.717) is 22.0 Å². The van der Waals surface area contributed by atoms with Gasteiger partial charge in [-0.25, -0.2) is 19.1 Å². The monoisotopic (exact) mass is 574 g/mol. The first-order chi connectivity index (χ1) is 19.1. The Kier molecular flexibility index (Phi) is 7.32. The molecule has 5 rings (SSSR count). The topological polar surface area (TPSA) is 147 Å². The Morgan fingerprint density at radius 3 is 2.55 bits per heavy atom. The number of aliphatic hydroxyl groups excluding tert-OH is 1. The molecular weight excluding hydrogens is 557 g/mol. The summed E-state index contributed by atoms with van der Waals surface area (Å²) in [5, 5.41) is 22.1. The summed E-state index contributed by atoms with van der Waals surface area (Å²) >= 11 is 5.91. The highest BCUT2D eigenvalue weighted by molar-refractivity contribution is 6.30. The lowest BCUT2D eigenvalue weighted by molar-refractivity contribution is -0.207. The molecule has 1 N–H and O–H groups in total. The second-order valence-electron chi connectivity index (χ2n) is 8.49. The van der Waals surface area contributed by atoms with Gasteiger partial charge in [-0.05, 0) is 36.4 Å². The fourth-order valence-corrected chi connectivity index (χ4v) is 3.92. The second kappa shape index (κ2) is 10.9. The molecule has 4 aromatic heterocycles. The van der Waals surface area contributed by atoms with Crippen molar-refractivity contribution >= 4 is 17.4 Å². The predicted octanol–water partition coefficient (Wildman–Crippen LogP) is 2.73. The number of hydrogen-bond acceptors (Lipinski definition) is 9. The van der Waals surface area contributed by atoms with E-state index in [1.807, 2.05) is 0 Å². The van der Waals surface area contributed by atoms with Crippen LogP contribution in [0.25, 0.3) is 17.1 Å². The summed E-state index contributed by atoms with van der Waals surface area (Å²) in [4.78, 5) is 34.0. The Morgan fingerprint density at radius 2 is 1.85 bits per heavy atom. The summed E-state index contributed by atoms with van der Waals surface area (Å²) in [6.45, 7) is -1.37. The first-order valence-corrected chi connectivity index (χ1v) is 11.9. The number of alkyl halides is 3. The number of carbonyl (C=O) groups is 1. The third-order valence-electron chi connectivity index (χ3n) is 5.74. The van der Waals surface area contributed by atoms with Gasteiger partial charge < -0.3 is 9.63 Å². The Labute approximate surface area is 227 Å². The molecule has 0 unspecified atom stereocenters. The number of aromatic nitrogens is 8. The van der Waals surface area contributed by atoms with E-state index < -0.39 is 24.5 Å². The Bertz CT molecular complexity index is 1690. The van der Waals surface area contributed by atoms with Crippen molar-refractivity contribution in [2.75, 3.05) is 0 Å². The number of rotatable bonds is 9. The first kappa shape index (κ1) is 27.0. The molecule has 0 amide bonds. The zero-order chi connectivity index (χ0) is 28.4. The number of Topliss-reactive ketones (excluding diaryl/α,β-unsaturated/α-hetero) is 1. The molecule has 0 spiro atoms. The van der Waals surface area contributed by atoms with Crippen molar-refractivity contribution in [2.45, 2.75) is 31.8 Å². The lowest BCUT2D eigenvalue weighted by atomic mass is 10.1. The van der Waals surface area contributed by atoms with Crippen LogP contribution in [-0.4, -0.2) is 62.4 Å². The normalized spacial score (nSPS) is 12.5. The molecular formula is C24H18ClF3N8O4. The summed E-state index contributed by atoms with van der Waals surface area (Å²) in [6.07, 6.45) is -3.67. The van der Waals surface area contributed by atoms with Gasteiger partial charge in [0.05, 0.1) is 30.5 Å². The minimum absolute atomic E-state index is 0.0676. The number of pyridine rings is 1. The number of ketones is 1. The molecule has 40 heavy (non-hydrogen) atoms. The molecule has 0 aliphatic heterocycles. The number of aliphatic hydroxyl groups is 1. The van der Waals surface area contributed by atoms with Crippen LogP contribution < -0.4 is 5.69 Å². The van der Waals surface area contributed by atoms with Crippen molar-refractivity contribution in [3.8, 4) is 17.1 Å².